The number of amides is 1. The van der Waals surface area contributed by atoms with Gasteiger partial charge in [-0.05, 0) is 36.7 Å². The Hall–Kier alpha value is -1.37. The summed E-state index contributed by atoms with van der Waals surface area (Å²) in [6, 6.07) is 1.93. The van der Waals surface area contributed by atoms with Crippen molar-refractivity contribution in [2.24, 2.45) is 0 Å². The van der Waals surface area contributed by atoms with Crippen LogP contribution in [0.2, 0.25) is 0 Å². The minimum absolute atomic E-state index is 0.246. The molecule has 2 rings (SSSR count). The lowest BCUT2D eigenvalue weighted by atomic mass is 10.2. The topological polar surface area (TPSA) is 58.6 Å². The van der Waals surface area contributed by atoms with E-state index in [9.17, 15) is 4.79 Å². The highest BCUT2D eigenvalue weighted by Gasteiger charge is 2.26. The molecule has 0 unspecified atom stereocenters. The maximum Gasteiger partial charge on any atom is 0.410 e. The number of aromatic nitrogens is 2. The first kappa shape index (κ1) is 18.0. The summed E-state index contributed by atoms with van der Waals surface area (Å²) in [6.45, 7) is 12.5. The van der Waals surface area contributed by atoms with Crippen LogP contribution in [0, 0.1) is 0 Å². The highest BCUT2D eigenvalue weighted by atomic mass is 79.9. The number of carbonyl (C=O) groups is 1. The van der Waals surface area contributed by atoms with Crippen LogP contribution in [0.3, 0.4) is 0 Å². The number of carbonyl (C=O) groups excluding carboxylic acids is 1. The molecule has 1 fully saturated rings. The number of rotatable bonds is 2. The van der Waals surface area contributed by atoms with Crippen molar-refractivity contribution in [1.82, 2.24) is 14.9 Å². The van der Waals surface area contributed by atoms with Gasteiger partial charge in [0.2, 0.25) is 0 Å². The molecule has 23 heavy (non-hydrogen) atoms. The lowest BCUT2D eigenvalue weighted by Gasteiger charge is -2.36. The van der Waals surface area contributed by atoms with Crippen molar-refractivity contribution in [3.05, 3.63) is 16.5 Å². The standard InChI is InChI=1S/C16H25BrN4O2/c1-11(2)14-18-12(17)10-13(19-14)20-6-8-21(9-7-20)15(22)23-16(3,4)5/h10-11H,6-9H2,1-5H3. The smallest absolute Gasteiger partial charge is 0.410 e. The number of ether oxygens (including phenoxy) is 1. The van der Waals surface area contributed by atoms with Crippen LogP contribution >= 0.6 is 15.9 Å². The van der Waals surface area contributed by atoms with Crippen molar-refractivity contribution in [3.8, 4) is 0 Å². The summed E-state index contributed by atoms with van der Waals surface area (Å²) < 4.78 is 6.22. The first-order valence-corrected chi connectivity index (χ1v) is 8.72. The lowest BCUT2D eigenvalue weighted by Crippen LogP contribution is -2.50. The van der Waals surface area contributed by atoms with Crippen molar-refractivity contribution in [3.63, 3.8) is 0 Å². The Kier molecular flexibility index (Phi) is 5.49. The van der Waals surface area contributed by atoms with Gasteiger partial charge in [-0.2, -0.15) is 0 Å². The molecule has 0 spiro atoms. The van der Waals surface area contributed by atoms with E-state index in [1.54, 1.807) is 4.90 Å². The van der Waals surface area contributed by atoms with Gasteiger partial charge in [0.1, 0.15) is 21.8 Å². The Morgan fingerprint density at radius 1 is 1.22 bits per heavy atom. The van der Waals surface area contributed by atoms with Crippen molar-refractivity contribution < 1.29 is 9.53 Å². The second-order valence-electron chi connectivity index (χ2n) is 7.02. The molecule has 1 saturated heterocycles. The first-order valence-electron chi connectivity index (χ1n) is 7.93. The zero-order valence-electron chi connectivity index (χ0n) is 14.5. The van der Waals surface area contributed by atoms with E-state index in [2.05, 4.69) is 44.6 Å². The van der Waals surface area contributed by atoms with E-state index < -0.39 is 5.60 Å². The molecule has 1 aliphatic heterocycles. The molecule has 1 aliphatic rings. The molecule has 0 N–H and O–H groups in total. The molecule has 128 valence electrons. The number of hydrogen-bond acceptors (Lipinski definition) is 5. The minimum atomic E-state index is -0.460. The summed E-state index contributed by atoms with van der Waals surface area (Å²) in [4.78, 5) is 25.1. The van der Waals surface area contributed by atoms with Gasteiger partial charge >= 0.3 is 6.09 Å². The van der Waals surface area contributed by atoms with Crippen LogP contribution in [-0.4, -0.2) is 52.7 Å². The molecule has 7 heteroatoms. The molecule has 0 aromatic carbocycles. The normalized spacial score (nSPS) is 16.0. The minimum Gasteiger partial charge on any atom is -0.444 e. The van der Waals surface area contributed by atoms with Gasteiger partial charge in [0.15, 0.2) is 0 Å². The average Bonchev–Trinajstić information content (AvgIpc) is 2.45. The fourth-order valence-electron chi connectivity index (χ4n) is 2.29. The highest BCUT2D eigenvalue weighted by molar-refractivity contribution is 9.10. The van der Waals surface area contributed by atoms with Crippen LogP contribution in [-0.2, 0) is 4.74 Å². The molecule has 6 nitrogen and oxygen atoms in total. The summed E-state index contributed by atoms with van der Waals surface area (Å²) in [6.07, 6.45) is -0.246. The van der Waals surface area contributed by atoms with Gasteiger partial charge in [-0.1, -0.05) is 13.8 Å². The Labute approximate surface area is 146 Å². The largest absolute Gasteiger partial charge is 0.444 e. The van der Waals surface area contributed by atoms with E-state index in [1.807, 2.05) is 26.8 Å². The number of nitrogens with zero attached hydrogens (tertiary/aromatic N) is 4. The average molecular weight is 385 g/mol. The molecule has 1 aromatic rings. The van der Waals surface area contributed by atoms with Gasteiger partial charge in [0.25, 0.3) is 0 Å². The lowest BCUT2D eigenvalue weighted by molar-refractivity contribution is 0.0240. The number of hydrogen-bond donors (Lipinski definition) is 0. The third-order valence-corrected chi connectivity index (χ3v) is 3.88. The number of piperazine rings is 1. The fourth-order valence-corrected chi connectivity index (χ4v) is 2.67. The third kappa shape index (κ3) is 5.06. The fraction of sp³-hybridized carbons (Fsp3) is 0.688. The number of anilines is 1. The summed E-state index contributed by atoms with van der Waals surface area (Å²) in [5.41, 5.74) is -0.460. The van der Waals surface area contributed by atoms with E-state index >= 15 is 0 Å². The molecule has 0 saturated carbocycles. The third-order valence-electron chi connectivity index (χ3n) is 3.47. The molecule has 1 amide bonds. The van der Waals surface area contributed by atoms with Crippen LogP contribution in [0.1, 0.15) is 46.4 Å². The van der Waals surface area contributed by atoms with Gasteiger partial charge in [-0.25, -0.2) is 14.8 Å². The summed E-state index contributed by atoms with van der Waals surface area (Å²) in [5, 5.41) is 0. The summed E-state index contributed by atoms with van der Waals surface area (Å²) in [5.74, 6) is 2.00. The van der Waals surface area contributed by atoms with Crippen molar-refractivity contribution >= 4 is 27.8 Å². The van der Waals surface area contributed by atoms with Gasteiger partial charge in [-0.3, -0.25) is 0 Å². The second kappa shape index (κ2) is 7.03. The molecular weight excluding hydrogens is 360 g/mol. The van der Waals surface area contributed by atoms with E-state index in [0.29, 0.717) is 13.1 Å². The van der Waals surface area contributed by atoms with Crippen molar-refractivity contribution in [2.75, 3.05) is 31.1 Å². The SMILES string of the molecule is CC(C)c1nc(Br)cc(N2CCN(C(=O)OC(C)(C)C)CC2)n1. The van der Waals surface area contributed by atoms with Crippen LogP contribution < -0.4 is 4.90 Å². The van der Waals surface area contributed by atoms with E-state index in [-0.39, 0.29) is 12.0 Å². The van der Waals surface area contributed by atoms with Crippen LogP contribution in [0.4, 0.5) is 10.6 Å². The van der Waals surface area contributed by atoms with Crippen LogP contribution in [0.15, 0.2) is 10.7 Å². The Morgan fingerprint density at radius 2 is 1.83 bits per heavy atom. The molecule has 1 aromatic heterocycles. The highest BCUT2D eigenvalue weighted by Crippen LogP contribution is 2.22. The summed E-state index contributed by atoms with van der Waals surface area (Å²) >= 11 is 3.45. The Morgan fingerprint density at radius 3 is 2.35 bits per heavy atom. The molecule has 0 bridgehead atoms. The van der Waals surface area contributed by atoms with Crippen molar-refractivity contribution in [2.45, 2.75) is 46.1 Å². The monoisotopic (exact) mass is 384 g/mol. The predicted octanol–water partition coefficient (Wildman–Crippen LogP) is 3.42. The first-order chi connectivity index (χ1) is 10.7. The van der Waals surface area contributed by atoms with Gasteiger partial charge < -0.3 is 14.5 Å². The zero-order chi connectivity index (χ0) is 17.2. The molecule has 2 heterocycles. The van der Waals surface area contributed by atoms with E-state index in [4.69, 9.17) is 4.74 Å². The quantitative estimate of drug-likeness (QED) is 0.731. The molecule has 0 atom stereocenters. The number of halogens is 1. The van der Waals surface area contributed by atoms with Gasteiger partial charge in [-0.15, -0.1) is 0 Å². The Balaban J connectivity index is 2.01. The predicted molar refractivity (Wildman–Crippen MR) is 93.8 cm³/mol. The summed E-state index contributed by atoms with van der Waals surface area (Å²) in [7, 11) is 0. The van der Waals surface area contributed by atoms with Gasteiger partial charge in [0, 0.05) is 38.2 Å². The van der Waals surface area contributed by atoms with E-state index in [0.717, 1.165) is 29.3 Å². The maximum atomic E-state index is 12.1. The van der Waals surface area contributed by atoms with Gasteiger partial charge in [0.05, 0.1) is 0 Å². The molecule has 0 aliphatic carbocycles. The van der Waals surface area contributed by atoms with Crippen LogP contribution in [0.5, 0.6) is 0 Å². The molecular formula is C16H25BrN4O2. The molecule has 0 radical (unpaired) electrons. The second-order valence-corrected chi connectivity index (χ2v) is 7.83. The zero-order valence-corrected chi connectivity index (χ0v) is 16.1. The van der Waals surface area contributed by atoms with Crippen molar-refractivity contribution in [1.29, 1.82) is 0 Å². The van der Waals surface area contributed by atoms with E-state index in [1.165, 1.54) is 0 Å². The van der Waals surface area contributed by atoms with Crippen LogP contribution in [0.25, 0.3) is 0 Å². The Bertz CT molecular complexity index is 564. The maximum absolute atomic E-state index is 12.1.